The summed E-state index contributed by atoms with van der Waals surface area (Å²) in [6.45, 7) is 8.19. The lowest BCUT2D eigenvalue weighted by molar-refractivity contribution is 0.428. The maximum absolute atomic E-state index is 5.63. The predicted octanol–water partition coefficient (Wildman–Crippen LogP) is 2.08. The van der Waals surface area contributed by atoms with Crippen LogP contribution in [0.5, 0.6) is 0 Å². The summed E-state index contributed by atoms with van der Waals surface area (Å²) < 4.78 is 5.39. The standard InChI is InChI=1S/C10H20N4O/c1-5-10(4,6-2)12-9-14-13-8(15-9)7(3)11/h7H,5-6,11H2,1-4H3,(H,12,14). The first-order valence-electron chi connectivity index (χ1n) is 5.38. The average Bonchev–Trinajstić information content (AvgIpc) is 2.66. The van der Waals surface area contributed by atoms with E-state index in [-0.39, 0.29) is 11.6 Å². The number of nitrogens with one attached hydrogen (secondary N) is 1. The molecule has 0 aromatic carbocycles. The van der Waals surface area contributed by atoms with E-state index < -0.39 is 0 Å². The molecule has 0 saturated heterocycles. The number of hydrogen-bond acceptors (Lipinski definition) is 5. The Kier molecular flexibility index (Phi) is 3.68. The van der Waals surface area contributed by atoms with Crippen LogP contribution in [0.3, 0.4) is 0 Å². The molecule has 5 nitrogen and oxygen atoms in total. The van der Waals surface area contributed by atoms with Gasteiger partial charge in [-0.3, -0.25) is 0 Å². The smallest absolute Gasteiger partial charge is 0.315 e. The predicted molar refractivity (Wildman–Crippen MR) is 59.5 cm³/mol. The molecule has 0 bridgehead atoms. The molecular formula is C10H20N4O. The topological polar surface area (TPSA) is 77.0 Å². The van der Waals surface area contributed by atoms with Crippen LogP contribution in [0.1, 0.15) is 52.5 Å². The zero-order valence-corrected chi connectivity index (χ0v) is 9.87. The highest BCUT2D eigenvalue weighted by molar-refractivity contribution is 5.23. The van der Waals surface area contributed by atoms with Crippen LogP contribution in [-0.4, -0.2) is 15.7 Å². The zero-order chi connectivity index (χ0) is 11.5. The van der Waals surface area contributed by atoms with Gasteiger partial charge >= 0.3 is 6.01 Å². The lowest BCUT2D eigenvalue weighted by Gasteiger charge is -2.26. The lowest BCUT2D eigenvalue weighted by atomic mass is 9.96. The SMILES string of the molecule is CCC(C)(CC)Nc1nnc(C(C)N)o1. The van der Waals surface area contributed by atoms with E-state index in [0.29, 0.717) is 11.9 Å². The van der Waals surface area contributed by atoms with Gasteiger partial charge in [0.15, 0.2) is 0 Å². The summed E-state index contributed by atoms with van der Waals surface area (Å²) in [6, 6.07) is 0.232. The van der Waals surface area contributed by atoms with Gasteiger partial charge in [0.1, 0.15) is 0 Å². The molecule has 0 radical (unpaired) electrons. The Labute approximate surface area is 90.4 Å². The Morgan fingerprint density at radius 1 is 1.40 bits per heavy atom. The van der Waals surface area contributed by atoms with Gasteiger partial charge in [-0.25, -0.2) is 0 Å². The van der Waals surface area contributed by atoms with Crippen molar-refractivity contribution in [3.05, 3.63) is 5.89 Å². The Balaban J connectivity index is 2.72. The van der Waals surface area contributed by atoms with Crippen molar-refractivity contribution in [2.45, 2.75) is 52.1 Å². The zero-order valence-electron chi connectivity index (χ0n) is 9.87. The lowest BCUT2D eigenvalue weighted by Crippen LogP contribution is -2.33. The van der Waals surface area contributed by atoms with Crippen LogP contribution >= 0.6 is 0 Å². The molecule has 0 amide bonds. The summed E-state index contributed by atoms with van der Waals surface area (Å²) in [6.07, 6.45) is 2.00. The number of hydrogen-bond donors (Lipinski definition) is 2. The fourth-order valence-electron chi connectivity index (χ4n) is 1.15. The average molecular weight is 212 g/mol. The van der Waals surface area contributed by atoms with Gasteiger partial charge in [0.2, 0.25) is 5.89 Å². The van der Waals surface area contributed by atoms with Crippen LogP contribution in [0.25, 0.3) is 0 Å². The van der Waals surface area contributed by atoms with Gasteiger partial charge in [-0.15, -0.1) is 5.10 Å². The van der Waals surface area contributed by atoms with Crippen molar-refractivity contribution in [1.82, 2.24) is 10.2 Å². The van der Waals surface area contributed by atoms with Crippen molar-refractivity contribution in [3.63, 3.8) is 0 Å². The molecule has 86 valence electrons. The quantitative estimate of drug-likeness (QED) is 0.781. The van der Waals surface area contributed by atoms with Crippen molar-refractivity contribution in [1.29, 1.82) is 0 Å². The molecule has 15 heavy (non-hydrogen) atoms. The molecule has 1 rings (SSSR count). The molecule has 5 heteroatoms. The van der Waals surface area contributed by atoms with Crippen molar-refractivity contribution in [2.75, 3.05) is 5.32 Å². The third kappa shape index (κ3) is 2.92. The van der Waals surface area contributed by atoms with E-state index in [0.717, 1.165) is 12.8 Å². The second-order valence-corrected chi connectivity index (χ2v) is 4.13. The summed E-state index contributed by atoms with van der Waals surface area (Å²) >= 11 is 0. The van der Waals surface area contributed by atoms with E-state index in [1.54, 1.807) is 0 Å². The minimum atomic E-state index is -0.220. The van der Waals surface area contributed by atoms with E-state index in [1.165, 1.54) is 0 Å². The monoisotopic (exact) mass is 212 g/mol. The van der Waals surface area contributed by atoms with Crippen LogP contribution < -0.4 is 11.1 Å². The van der Waals surface area contributed by atoms with Crippen molar-refractivity contribution >= 4 is 6.01 Å². The summed E-state index contributed by atoms with van der Waals surface area (Å²) in [5.74, 6) is 0.465. The second kappa shape index (κ2) is 4.61. The fourth-order valence-corrected chi connectivity index (χ4v) is 1.15. The van der Waals surface area contributed by atoms with E-state index in [9.17, 15) is 0 Å². The molecule has 0 aliphatic heterocycles. The highest BCUT2D eigenvalue weighted by atomic mass is 16.4. The highest BCUT2D eigenvalue weighted by Crippen LogP contribution is 2.21. The van der Waals surface area contributed by atoms with Gasteiger partial charge < -0.3 is 15.5 Å². The third-order valence-corrected chi connectivity index (χ3v) is 2.80. The Hall–Kier alpha value is -1.10. The molecular weight excluding hydrogens is 192 g/mol. The van der Waals surface area contributed by atoms with E-state index >= 15 is 0 Å². The molecule has 1 heterocycles. The highest BCUT2D eigenvalue weighted by Gasteiger charge is 2.22. The first-order valence-corrected chi connectivity index (χ1v) is 5.38. The normalized spacial score (nSPS) is 13.9. The molecule has 3 N–H and O–H groups in total. The van der Waals surface area contributed by atoms with E-state index in [4.69, 9.17) is 10.2 Å². The number of anilines is 1. The maximum atomic E-state index is 5.63. The largest absolute Gasteiger partial charge is 0.406 e. The molecule has 0 aliphatic carbocycles. The Morgan fingerprint density at radius 2 is 2.00 bits per heavy atom. The first kappa shape index (κ1) is 12.0. The number of aromatic nitrogens is 2. The second-order valence-electron chi connectivity index (χ2n) is 4.13. The molecule has 1 aromatic heterocycles. The molecule has 0 spiro atoms. The minimum absolute atomic E-state index is 0.00163. The van der Waals surface area contributed by atoms with Crippen LogP contribution in [0.4, 0.5) is 6.01 Å². The minimum Gasteiger partial charge on any atom is -0.406 e. The van der Waals surface area contributed by atoms with E-state index in [1.807, 2.05) is 6.92 Å². The molecule has 1 atom stereocenters. The first-order chi connectivity index (χ1) is 7.00. The van der Waals surface area contributed by atoms with Gasteiger partial charge in [0, 0.05) is 5.54 Å². The van der Waals surface area contributed by atoms with Gasteiger partial charge in [-0.2, -0.15) is 0 Å². The van der Waals surface area contributed by atoms with Gasteiger partial charge in [0.05, 0.1) is 6.04 Å². The van der Waals surface area contributed by atoms with Crippen LogP contribution in [-0.2, 0) is 0 Å². The summed E-state index contributed by atoms with van der Waals surface area (Å²) in [5, 5.41) is 11.0. The van der Waals surface area contributed by atoms with Gasteiger partial charge in [-0.1, -0.05) is 18.9 Å². The number of nitrogens with zero attached hydrogens (tertiary/aromatic N) is 2. The Morgan fingerprint density at radius 3 is 2.40 bits per heavy atom. The fraction of sp³-hybridized carbons (Fsp3) is 0.800. The van der Waals surface area contributed by atoms with Crippen molar-refractivity contribution in [3.8, 4) is 0 Å². The van der Waals surface area contributed by atoms with Gasteiger partial charge in [-0.05, 0) is 26.7 Å². The van der Waals surface area contributed by atoms with Crippen molar-refractivity contribution < 1.29 is 4.42 Å². The van der Waals surface area contributed by atoms with Crippen molar-refractivity contribution in [2.24, 2.45) is 5.73 Å². The van der Waals surface area contributed by atoms with Crippen LogP contribution in [0.2, 0.25) is 0 Å². The maximum Gasteiger partial charge on any atom is 0.315 e. The number of rotatable bonds is 5. The third-order valence-electron chi connectivity index (χ3n) is 2.80. The summed E-state index contributed by atoms with van der Waals surface area (Å²) in [5.41, 5.74) is 5.63. The molecule has 1 unspecified atom stereocenters. The summed E-state index contributed by atoms with van der Waals surface area (Å²) in [4.78, 5) is 0. The Bertz CT molecular complexity index is 304. The van der Waals surface area contributed by atoms with Crippen LogP contribution in [0, 0.1) is 0 Å². The molecule has 0 aliphatic rings. The number of nitrogens with two attached hydrogens (primary N) is 1. The summed E-state index contributed by atoms with van der Waals surface area (Å²) in [7, 11) is 0. The molecule has 0 fully saturated rings. The molecule has 0 saturated carbocycles. The van der Waals surface area contributed by atoms with Gasteiger partial charge in [0.25, 0.3) is 0 Å². The van der Waals surface area contributed by atoms with E-state index in [2.05, 4.69) is 36.3 Å². The van der Waals surface area contributed by atoms with Crippen LogP contribution in [0.15, 0.2) is 4.42 Å². The molecule has 1 aromatic rings.